The van der Waals surface area contributed by atoms with Crippen molar-refractivity contribution < 1.29 is 13.9 Å². The molecule has 0 fully saturated rings. The van der Waals surface area contributed by atoms with E-state index in [0.29, 0.717) is 29.0 Å². The predicted molar refractivity (Wildman–Crippen MR) is 74.3 cm³/mol. The Morgan fingerprint density at radius 3 is 2.40 bits per heavy atom. The first-order valence-corrected chi connectivity index (χ1v) is 6.07. The fourth-order valence-corrected chi connectivity index (χ4v) is 2.00. The summed E-state index contributed by atoms with van der Waals surface area (Å²) in [7, 11) is 3.02. The molecule has 0 heterocycles. The molecule has 0 radical (unpaired) electrons. The fraction of sp³-hybridized carbons (Fsp3) is 0.188. The summed E-state index contributed by atoms with van der Waals surface area (Å²) in [4.78, 5) is 0. The second-order valence-electron chi connectivity index (χ2n) is 4.22. The summed E-state index contributed by atoms with van der Waals surface area (Å²) < 4.78 is 24.4. The number of rotatable bonds is 4. The molecule has 0 aliphatic rings. The van der Waals surface area contributed by atoms with Gasteiger partial charge in [0.05, 0.1) is 26.7 Å². The van der Waals surface area contributed by atoms with Gasteiger partial charge in [-0.1, -0.05) is 12.1 Å². The van der Waals surface area contributed by atoms with E-state index in [1.54, 1.807) is 30.3 Å². The fourth-order valence-electron chi connectivity index (χ4n) is 2.00. The van der Waals surface area contributed by atoms with Crippen LogP contribution in [0.15, 0.2) is 36.4 Å². The molecule has 0 aliphatic heterocycles. The molecule has 0 N–H and O–H groups in total. The van der Waals surface area contributed by atoms with E-state index in [0.717, 1.165) is 5.56 Å². The van der Waals surface area contributed by atoms with E-state index in [9.17, 15) is 4.39 Å². The molecule has 0 spiro atoms. The lowest BCUT2D eigenvalue weighted by Gasteiger charge is -2.11. The Labute approximate surface area is 117 Å². The molecular weight excluding hydrogens is 257 g/mol. The van der Waals surface area contributed by atoms with E-state index >= 15 is 0 Å². The van der Waals surface area contributed by atoms with Gasteiger partial charge < -0.3 is 9.47 Å². The molecule has 0 saturated heterocycles. The van der Waals surface area contributed by atoms with Crippen LogP contribution in [-0.4, -0.2) is 14.2 Å². The first-order valence-electron chi connectivity index (χ1n) is 6.07. The van der Waals surface area contributed by atoms with Crippen molar-refractivity contribution >= 4 is 0 Å². The number of halogens is 1. The van der Waals surface area contributed by atoms with Crippen LogP contribution >= 0.6 is 0 Å². The monoisotopic (exact) mass is 271 g/mol. The average Bonchev–Trinajstić information content (AvgIpc) is 2.47. The SMILES string of the molecule is COc1ccc(-c2ccc(CC#N)cc2OC)c(F)c1. The first kappa shape index (κ1) is 13.9. The van der Waals surface area contributed by atoms with Gasteiger partial charge in [-0.3, -0.25) is 0 Å². The molecular formula is C16H14FNO2. The Kier molecular flexibility index (Phi) is 4.21. The van der Waals surface area contributed by atoms with Crippen molar-refractivity contribution in [2.24, 2.45) is 0 Å². The van der Waals surface area contributed by atoms with Crippen LogP contribution in [0.25, 0.3) is 11.1 Å². The van der Waals surface area contributed by atoms with Gasteiger partial charge in [0.2, 0.25) is 0 Å². The van der Waals surface area contributed by atoms with E-state index in [-0.39, 0.29) is 5.82 Å². The standard InChI is InChI=1S/C16H14FNO2/c1-19-12-4-6-13(15(17)10-12)14-5-3-11(7-8-18)9-16(14)20-2/h3-6,9-10H,7H2,1-2H3. The van der Waals surface area contributed by atoms with Crippen molar-refractivity contribution in [3.8, 4) is 28.7 Å². The number of hydrogen-bond acceptors (Lipinski definition) is 3. The topological polar surface area (TPSA) is 42.2 Å². The lowest BCUT2D eigenvalue weighted by molar-refractivity contribution is 0.410. The van der Waals surface area contributed by atoms with E-state index in [2.05, 4.69) is 6.07 Å². The van der Waals surface area contributed by atoms with Crippen LogP contribution in [0.4, 0.5) is 4.39 Å². The maximum absolute atomic E-state index is 14.1. The van der Waals surface area contributed by atoms with Crippen LogP contribution < -0.4 is 9.47 Å². The third-order valence-corrected chi connectivity index (χ3v) is 3.02. The highest BCUT2D eigenvalue weighted by Crippen LogP contribution is 2.34. The molecule has 0 atom stereocenters. The number of ether oxygens (including phenoxy) is 2. The normalized spacial score (nSPS) is 9.90. The van der Waals surface area contributed by atoms with Crippen molar-refractivity contribution in [3.63, 3.8) is 0 Å². The molecule has 2 aromatic carbocycles. The van der Waals surface area contributed by atoms with Crippen molar-refractivity contribution in [1.82, 2.24) is 0 Å². The quantitative estimate of drug-likeness (QED) is 0.853. The van der Waals surface area contributed by atoms with Gasteiger partial charge in [0.1, 0.15) is 17.3 Å². The van der Waals surface area contributed by atoms with Crippen molar-refractivity contribution in [1.29, 1.82) is 5.26 Å². The maximum atomic E-state index is 14.1. The molecule has 3 nitrogen and oxygen atoms in total. The van der Waals surface area contributed by atoms with Crippen LogP contribution in [-0.2, 0) is 6.42 Å². The molecule has 0 amide bonds. The molecule has 2 rings (SSSR count). The summed E-state index contributed by atoms with van der Waals surface area (Å²) >= 11 is 0. The minimum Gasteiger partial charge on any atom is -0.497 e. The first-order chi connectivity index (χ1) is 9.69. The molecule has 0 bridgehead atoms. The third kappa shape index (κ3) is 2.72. The molecule has 2 aromatic rings. The molecule has 20 heavy (non-hydrogen) atoms. The molecule has 102 valence electrons. The summed E-state index contributed by atoms with van der Waals surface area (Å²) in [5.41, 5.74) is 1.92. The van der Waals surface area contributed by atoms with Gasteiger partial charge in [-0.15, -0.1) is 0 Å². The number of methoxy groups -OCH3 is 2. The summed E-state index contributed by atoms with van der Waals surface area (Å²) in [6.45, 7) is 0. The van der Waals surface area contributed by atoms with Gasteiger partial charge >= 0.3 is 0 Å². The minimum absolute atomic E-state index is 0.293. The third-order valence-electron chi connectivity index (χ3n) is 3.02. The van der Waals surface area contributed by atoms with E-state index in [1.165, 1.54) is 20.3 Å². The zero-order valence-electron chi connectivity index (χ0n) is 11.3. The average molecular weight is 271 g/mol. The van der Waals surface area contributed by atoms with Gasteiger partial charge in [0, 0.05) is 17.2 Å². The van der Waals surface area contributed by atoms with Crippen molar-refractivity contribution in [3.05, 3.63) is 47.8 Å². The van der Waals surface area contributed by atoms with Crippen LogP contribution in [0.5, 0.6) is 11.5 Å². The van der Waals surface area contributed by atoms with E-state index in [1.807, 2.05) is 0 Å². The van der Waals surface area contributed by atoms with Gasteiger partial charge in [0.25, 0.3) is 0 Å². The second kappa shape index (κ2) is 6.07. The highest BCUT2D eigenvalue weighted by molar-refractivity contribution is 5.72. The number of nitrogens with zero attached hydrogens (tertiary/aromatic N) is 1. The molecule has 0 saturated carbocycles. The number of hydrogen-bond donors (Lipinski definition) is 0. The number of nitriles is 1. The Hall–Kier alpha value is -2.54. The van der Waals surface area contributed by atoms with Crippen molar-refractivity contribution in [2.75, 3.05) is 14.2 Å². The highest BCUT2D eigenvalue weighted by atomic mass is 19.1. The Morgan fingerprint density at radius 2 is 1.80 bits per heavy atom. The van der Waals surface area contributed by atoms with Crippen LogP contribution in [0.3, 0.4) is 0 Å². The molecule has 0 aliphatic carbocycles. The lowest BCUT2D eigenvalue weighted by Crippen LogP contribution is -1.93. The van der Waals surface area contributed by atoms with Crippen LogP contribution in [0.2, 0.25) is 0 Å². The van der Waals surface area contributed by atoms with Gasteiger partial charge in [0.15, 0.2) is 0 Å². The Morgan fingerprint density at radius 1 is 1.05 bits per heavy atom. The highest BCUT2D eigenvalue weighted by Gasteiger charge is 2.12. The summed E-state index contributed by atoms with van der Waals surface area (Å²) in [6.07, 6.45) is 0.293. The van der Waals surface area contributed by atoms with Crippen LogP contribution in [0.1, 0.15) is 5.56 Å². The predicted octanol–water partition coefficient (Wildman–Crippen LogP) is 3.58. The minimum atomic E-state index is -0.379. The second-order valence-corrected chi connectivity index (χ2v) is 4.22. The summed E-state index contributed by atoms with van der Waals surface area (Å²) in [5, 5.41) is 8.71. The maximum Gasteiger partial charge on any atom is 0.134 e. The smallest absolute Gasteiger partial charge is 0.134 e. The zero-order valence-corrected chi connectivity index (χ0v) is 11.3. The molecule has 4 heteroatoms. The Balaban J connectivity index is 2.49. The zero-order chi connectivity index (χ0) is 14.5. The molecule has 0 unspecified atom stereocenters. The van der Waals surface area contributed by atoms with Gasteiger partial charge in [-0.05, 0) is 23.8 Å². The summed E-state index contributed by atoms with van der Waals surface area (Å²) in [5.74, 6) is 0.629. The van der Waals surface area contributed by atoms with E-state index < -0.39 is 0 Å². The van der Waals surface area contributed by atoms with E-state index in [4.69, 9.17) is 14.7 Å². The largest absolute Gasteiger partial charge is 0.497 e. The lowest BCUT2D eigenvalue weighted by atomic mass is 10.0. The summed E-state index contributed by atoms with van der Waals surface area (Å²) in [6, 6.07) is 12.1. The Bertz CT molecular complexity index is 662. The van der Waals surface area contributed by atoms with Crippen LogP contribution in [0, 0.1) is 17.1 Å². The molecule has 0 aromatic heterocycles. The van der Waals surface area contributed by atoms with Gasteiger partial charge in [-0.2, -0.15) is 5.26 Å². The van der Waals surface area contributed by atoms with Crippen molar-refractivity contribution in [2.45, 2.75) is 6.42 Å². The van der Waals surface area contributed by atoms with Gasteiger partial charge in [-0.25, -0.2) is 4.39 Å². The number of benzene rings is 2.